The second-order valence-electron chi connectivity index (χ2n) is 12.3. The summed E-state index contributed by atoms with van der Waals surface area (Å²) in [7, 11) is 0. The van der Waals surface area contributed by atoms with E-state index < -0.39 is 0 Å². The zero-order valence-corrected chi connectivity index (χ0v) is 28.0. The van der Waals surface area contributed by atoms with Crippen LogP contribution in [0.4, 0.5) is 0 Å². The van der Waals surface area contributed by atoms with E-state index in [2.05, 4.69) is 27.7 Å². The molecule has 0 bridgehead atoms. The van der Waals surface area contributed by atoms with Crippen LogP contribution in [0.2, 0.25) is 0 Å². The van der Waals surface area contributed by atoms with Gasteiger partial charge in [0.1, 0.15) is 0 Å². The van der Waals surface area contributed by atoms with Crippen LogP contribution in [0.5, 0.6) is 0 Å². The van der Waals surface area contributed by atoms with E-state index in [9.17, 15) is 10.2 Å². The van der Waals surface area contributed by atoms with Gasteiger partial charge in [-0.25, -0.2) is 0 Å². The van der Waals surface area contributed by atoms with Crippen molar-refractivity contribution in [3.63, 3.8) is 0 Å². The highest BCUT2D eigenvalue weighted by Gasteiger charge is 2.20. The average Bonchev–Trinajstić information content (AvgIpc) is 2.89. The number of unbranched alkanes of at least 4 members (excludes halogenated alkanes) is 8. The van der Waals surface area contributed by atoms with Gasteiger partial charge < -0.3 is 14.9 Å². The number of thiocarbonyl (C=S) groups is 2. The maximum absolute atomic E-state index is 9.91. The number of hydrogen-bond acceptors (Lipinski definition) is 3. The van der Waals surface area contributed by atoms with Gasteiger partial charge in [0.2, 0.25) is 0 Å². The first-order valence-corrected chi connectivity index (χ1v) is 17.7. The van der Waals surface area contributed by atoms with Crippen molar-refractivity contribution >= 4 is 34.5 Å². The quantitative estimate of drug-likeness (QED) is 0.0647. The molecule has 0 fully saturated rings. The Morgan fingerprint density at radius 3 is 1.18 bits per heavy atom. The summed E-state index contributed by atoms with van der Waals surface area (Å²) >= 11 is 10.2. The molecule has 0 aliphatic rings. The van der Waals surface area contributed by atoms with Gasteiger partial charge in [-0.15, -0.1) is 0 Å². The molecule has 0 aliphatic carbocycles. The van der Waals surface area contributed by atoms with Gasteiger partial charge in [-0.1, -0.05) is 130 Å². The summed E-state index contributed by atoms with van der Waals surface area (Å²) in [6, 6.07) is 0. The van der Waals surface area contributed by atoms with E-state index in [4.69, 9.17) is 29.2 Å². The molecule has 4 unspecified atom stereocenters. The molecule has 0 aromatic rings. The Hall–Kier alpha value is -0.260. The molecule has 5 heteroatoms. The van der Waals surface area contributed by atoms with Crippen molar-refractivity contribution in [1.29, 1.82) is 0 Å². The summed E-state index contributed by atoms with van der Waals surface area (Å²) in [5.41, 5.74) is 0. The summed E-state index contributed by atoms with van der Waals surface area (Å²) in [6.07, 6.45) is 26.2. The van der Waals surface area contributed by atoms with Gasteiger partial charge in [-0.3, -0.25) is 0 Å². The van der Waals surface area contributed by atoms with Crippen molar-refractivity contribution < 1.29 is 14.9 Å². The molecule has 0 aliphatic heterocycles. The van der Waals surface area contributed by atoms with Crippen molar-refractivity contribution in [2.24, 2.45) is 23.7 Å². The Balaban J connectivity index is 4.78. The first-order valence-electron chi connectivity index (χ1n) is 16.9. The molecule has 0 aromatic carbocycles. The summed E-state index contributed by atoms with van der Waals surface area (Å²) in [6.45, 7) is 10.5. The SMILES string of the molecule is CCCCCCC(CCCC)CC(CCOCCC(CC(O)=S)CC(CCCC)CCCCCC)CC(O)=S. The molecule has 0 aromatic heterocycles. The van der Waals surface area contributed by atoms with E-state index in [1.165, 1.54) is 103 Å². The van der Waals surface area contributed by atoms with Crippen molar-refractivity contribution in [2.75, 3.05) is 13.2 Å². The van der Waals surface area contributed by atoms with Crippen LogP contribution in [-0.2, 0) is 4.74 Å². The molecular weight excluding hydrogens is 521 g/mol. The third-order valence-electron chi connectivity index (χ3n) is 8.46. The molecular formula is C34H66O3S2. The fourth-order valence-corrected chi connectivity index (χ4v) is 6.58. The number of ether oxygens (including phenoxy) is 1. The predicted octanol–water partition coefficient (Wildman–Crippen LogP) is 11.9. The molecule has 39 heavy (non-hydrogen) atoms. The molecule has 0 saturated carbocycles. The molecule has 0 saturated heterocycles. The maximum Gasteiger partial charge on any atom is 0.156 e. The molecule has 4 atom stereocenters. The van der Waals surface area contributed by atoms with Crippen molar-refractivity contribution in [3.05, 3.63) is 0 Å². The number of rotatable bonds is 30. The second kappa shape index (κ2) is 27.9. The molecule has 0 heterocycles. The molecule has 232 valence electrons. The molecule has 0 radical (unpaired) electrons. The Morgan fingerprint density at radius 1 is 0.487 bits per heavy atom. The Kier molecular flexibility index (Phi) is 27.7. The van der Waals surface area contributed by atoms with Crippen LogP contribution in [0.25, 0.3) is 0 Å². The molecule has 0 spiro atoms. The second-order valence-corrected chi connectivity index (χ2v) is 13.2. The smallest absolute Gasteiger partial charge is 0.156 e. The van der Waals surface area contributed by atoms with Gasteiger partial charge >= 0.3 is 0 Å². The number of hydrogen-bond donors (Lipinski definition) is 2. The highest BCUT2D eigenvalue weighted by atomic mass is 32.1. The monoisotopic (exact) mass is 586 g/mol. The zero-order valence-electron chi connectivity index (χ0n) is 26.4. The standard InChI is InChI=1S/C34H66O3S2/c1-5-9-13-15-19-29(17-11-7-3)25-31(27-33(35)38)21-23-37-24-22-32(28-34(36)39)26-30(18-12-8-4)20-16-14-10-6-2/h29-32H,5-28H2,1-4H3,(H,35,38)(H,36,39). The average molecular weight is 587 g/mol. The fourth-order valence-electron chi connectivity index (χ4n) is 6.11. The molecule has 0 amide bonds. The van der Waals surface area contributed by atoms with Gasteiger partial charge in [0.05, 0.1) is 0 Å². The van der Waals surface area contributed by atoms with Crippen LogP contribution < -0.4 is 0 Å². The van der Waals surface area contributed by atoms with Gasteiger partial charge in [0.25, 0.3) is 0 Å². The largest absolute Gasteiger partial charge is 0.502 e. The Bertz CT molecular complexity index is 521. The van der Waals surface area contributed by atoms with Crippen molar-refractivity contribution in [3.8, 4) is 0 Å². The maximum atomic E-state index is 9.91. The van der Waals surface area contributed by atoms with E-state index >= 15 is 0 Å². The zero-order chi connectivity index (χ0) is 29.1. The van der Waals surface area contributed by atoms with Crippen LogP contribution in [0.3, 0.4) is 0 Å². The van der Waals surface area contributed by atoms with Crippen molar-refractivity contribution in [2.45, 2.75) is 169 Å². The van der Waals surface area contributed by atoms with Crippen LogP contribution in [0, 0.1) is 23.7 Å². The van der Waals surface area contributed by atoms with E-state index in [0.29, 0.717) is 24.7 Å². The fraction of sp³-hybridized carbons (Fsp3) is 0.941. The van der Waals surface area contributed by atoms with Gasteiger partial charge in [0, 0.05) is 26.1 Å². The van der Waals surface area contributed by atoms with Gasteiger partial charge in [0.15, 0.2) is 10.1 Å². The van der Waals surface area contributed by atoms with E-state index in [1.807, 2.05) is 0 Å². The van der Waals surface area contributed by atoms with Crippen LogP contribution in [-0.4, -0.2) is 33.5 Å². The lowest BCUT2D eigenvalue weighted by molar-refractivity contribution is 0.1000. The highest BCUT2D eigenvalue weighted by molar-refractivity contribution is 7.80. The van der Waals surface area contributed by atoms with E-state index in [-0.39, 0.29) is 10.1 Å². The van der Waals surface area contributed by atoms with Crippen molar-refractivity contribution in [1.82, 2.24) is 0 Å². The first-order chi connectivity index (χ1) is 18.9. The third kappa shape index (κ3) is 25.2. The highest BCUT2D eigenvalue weighted by Crippen LogP contribution is 2.30. The number of aliphatic hydroxyl groups excluding tert-OH is 2. The van der Waals surface area contributed by atoms with Crippen LogP contribution in [0.1, 0.15) is 169 Å². The molecule has 3 nitrogen and oxygen atoms in total. The third-order valence-corrected chi connectivity index (χ3v) is 8.80. The topological polar surface area (TPSA) is 49.7 Å². The minimum atomic E-state index is 0.147. The minimum Gasteiger partial charge on any atom is -0.502 e. The summed E-state index contributed by atoms with van der Waals surface area (Å²) < 4.78 is 6.16. The minimum absolute atomic E-state index is 0.147. The van der Waals surface area contributed by atoms with E-state index in [1.54, 1.807) is 0 Å². The lowest BCUT2D eigenvalue weighted by Crippen LogP contribution is -2.17. The summed E-state index contributed by atoms with van der Waals surface area (Å²) in [5.74, 6) is 2.26. The van der Waals surface area contributed by atoms with Crippen LogP contribution in [0.15, 0.2) is 0 Å². The normalized spacial score (nSPS) is 14.7. The number of aliphatic hydroxyl groups is 2. The summed E-state index contributed by atoms with van der Waals surface area (Å²) in [5, 5.41) is 20.1. The summed E-state index contributed by atoms with van der Waals surface area (Å²) in [4.78, 5) is 0. The Labute approximate surface area is 254 Å². The lowest BCUT2D eigenvalue weighted by Gasteiger charge is -2.24. The van der Waals surface area contributed by atoms with Crippen LogP contribution >= 0.6 is 24.4 Å². The lowest BCUT2D eigenvalue weighted by atomic mass is 9.84. The molecule has 0 rings (SSSR count). The predicted molar refractivity (Wildman–Crippen MR) is 180 cm³/mol. The first kappa shape index (κ1) is 38.7. The molecule has 2 N–H and O–H groups in total. The Morgan fingerprint density at radius 2 is 0.846 bits per heavy atom. The van der Waals surface area contributed by atoms with Gasteiger partial charge in [-0.05, 0) is 73.8 Å². The van der Waals surface area contributed by atoms with E-state index in [0.717, 1.165) is 50.7 Å². The van der Waals surface area contributed by atoms with Gasteiger partial charge in [-0.2, -0.15) is 0 Å².